The molecule has 0 bridgehead atoms. The van der Waals surface area contributed by atoms with Crippen molar-refractivity contribution >= 4 is 39.8 Å². The Kier molecular flexibility index (Phi) is 11.4. The molecule has 3 aromatic heterocycles. The molecule has 2 amide bonds. The molecule has 2 saturated heterocycles. The molecule has 13 heteroatoms. The van der Waals surface area contributed by atoms with Gasteiger partial charge in [0.15, 0.2) is 0 Å². The average molecular weight is 762 g/mol. The first-order chi connectivity index (χ1) is 27.2. The zero-order valence-corrected chi connectivity index (χ0v) is 32.8. The Balaban J connectivity index is 0.854. The molecule has 0 spiro atoms. The van der Waals surface area contributed by atoms with Crippen LogP contribution in [-0.4, -0.2) is 95.8 Å². The number of hydrogen-bond donors (Lipinski definition) is 3. The Morgan fingerprint density at radius 3 is 2.39 bits per heavy atom. The third-order valence-corrected chi connectivity index (χ3v) is 12.2. The van der Waals surface area contributed by atoms with E-state index in [4.69, 9.17) is 4.98 Å². The number of amides is 2. The number of aliphatic hydroxyl groups excluding tert-OH is 1. The molecule has 8 rings (SSSR count). The van der Waals surface area contributed by atoms with E-state index in [0.29, 0.717) is 18.4 Å². The van der Waals surface area contributed by atoms with Crippen LogP contribution in [0.1, 0.15) is 87.9 Å². The summed E-state index contributed by atoms with van der Waals surface area (Å²) >= 11 is 0. The van der Waals surface area contributed by atoms with Crippen molar-refractivity contribution in [3.63, 3.8) is 0 Å². The lowest BCUT2D eigenvalue weighted by atomic mass is 9.93. The highest BCUT2D eigenvalue weighted by molar-refractivity contribution is 6.00. The first-order valence-electron chi connectivity index (χ1n) is 20.6. The zero-order chi connectivity index (χ0) is 38.8. The summed E-state index contributed by atoms with van der Waals surface area (Å²) in [5, 5.41) is 17.0. The summed E-state index contributed by atoms with van der Waals surface area (Å²) in [6.45, 7) is 9.11. The second-order valence-electron chi connectivity index (χ2n) is 16.0. The predicted molar refractivity (Wildman–Crippen MR) is 219 cm³/mol. The van der Waals surface area contributed by atoms with Crippen LogP contribution in [-0.2, 0) is 29.6 Å². The van der Waals surface area contributed by atoms with Crippen LogP contribution in [0.25, 0.3) is 33.2 Å². The molecular formula is C43H55N9O4. The van der Waals surface area contributed by atoms with E-state index >= 15 is 0 Å². The number of benzene rings is 2. The number of piperidine rings is 1. The summed E-state index contributed by atoms with van der Waals surface area (Å²) in [5.74, 6) is -0.0215. The van der Waals surface area contributed by atoms with Crippen LogP contribution in [0.15, 0.2) is 59.7 Å². The van der Waals surface area contributed by atoms with E-state index in [0.717, 1.165) is 125 Å². The zero-order valence-electron chi connectivity index (χ0n) is 32.8. The summed E-state index contributed by atoms with van der Waals surface area (Å²) in [5.41, 5.74) is 7.07. The van der Waals surface area contributed by atoms with Crippen LogP contribution >= 0.6 is 0 Å². The highest BCUT2D eigenvalue weighted by Gasteiger charge is 2.31. The minimum atomic E-state index is -0.669. The highest BCUT2D eigenvalue weighted by Crippen LogP contribution is 2.37. The molecule has 56 heavy (non-hydrogen) atoms. The van der Waals surface area contributed by atoms with Gasteiger partial charge in [0.2, 0.25) is 17.8 Å². The van der Waals surface area contributed by atoms with Gasteiger partial charge in [-0.05, 0) is 86.7 Å². The average Bonchev–Trinajstić information content (AvgIpc) is 3.70. The van der Waals surface area contributed by atoms with Crippen molar-refractivity contribution in [2.24, 2.45) is 7.05 Å². The van der Waals surface area contributed by atoms with Crippen LogP contribution in [0, 0.1) is 0 Å². The lowest BCUT2D eigenvalue weighted by Gasteiger charge is -2.34. The standard InChI is InChI=1S/C43H55N9O4/c1-3-4-19-44-42-45-26-34-35(28-51(40(34)47-42)32-12-14-33(53)15-13-32)31-10-7-30(8-11-31)27-50-23-21-49(22-24-50)20-5-6-29-9-16-36-38(25-29)48(2)43(56)52(36)37-17-18-39(54)46-41(37)55/h7-11,16,25-26,28,32-33,37,53H,3-6,12-15,17-24,27H2,1-2H3,(H,44,45,47)(H,46,54,55)/t32-,33-,37-/m0/s1. The van der Waals surface area contributed by atoms with Gasteiger partial charge >= 0.3 is 5.69 Å². The molecule has 3 aliphatic rings. The van der Waals surface area contributed by atoms with Gasteiger partial charge in [-0.15, -0.1) is 0 Å². The number of hydrogen-bond acceptors (Lipinski definition) is 9. The monoisotopic (exact) mass is 761 g/mol. The molecule has 3 fully saturated rings. The molecule has 2 aromatic carbocycles. The number of piperazine rings is 1. The van der Waals surface area contributed by atoms with Gasteiger partial charge in [0.25, 0.3) is 0 Å². The van der Waals surface area contributed by atoms with Gasteiger partial charge in [-0.3, -0.25) is 28.9 Å². The van der Waals surface area contributed by atoms with Crippen LogP contribution in [0.2, 0.25) is 0 Å². The Hall–Kier alpha value is -4.85. The quantitative estimate of drug-likeness (QED) is 0.110. The van der Waals surface area contributed by atoms with E-state index in [1.807, 2.05) is 12.3 Å². The third-order valence-electron chi connectivity index (χ3n) is 12.2. The van der Waals surface area contributed by atoms with E-state index < -0.39 is 11.9 Å². The first kappa shape index (κ1) is 38.0. The second-order valence-corrected chi connectivity index (χ2v) is 16.0. The van der Waals surface area contributed by atoms with Crippen molar-refractivity contribution in [2.75, 3.05) is 44.6 Å². The fourth-order valence-corrected chi connectivity index (χ4v) is 8.86. The maximum absolute atomic E-state index is 13.1. The van der Waals surface area contributed by atoms with E-state index in [9.17, 15) is 19.5 Å². The SMILES string of the molecule is CCCCNc1ncc2c(-c3ccc(CN4CCN(CCCc5ccc6c(c5)n(C)c(=O)n6[C@H]5CCC(=O)NC5=O)CC4)cc3)cn([C@H]3CC[C@H](O)CC3)c2n1. The molecule has 3 N–H and O–H groups in total. The number of imide groups is 1. The van der Waals surface area contributed by atoms with Gasteiger partial charge in [-0.2, -0.15) is 4.98 Å². The molecule has 13 nitrogen and oxygen atoms in total. The summed E-state index contributed by atoms with van der Waals surface area (Å²) in [4.78, 5) is 52.1. The molecule has 296 valence electrons. The molecule has 0 radical (unpaired) electrons. The number of carbonyl (C=O) groups is 2. The Bertz CT molecular complexity index is 2240. The summed E-state index contributed by atoms with van der Waals surface area (Å²) in [6, 6.07) is 14.7. The van der Waals surface area contributed by atoms with Gasteiger partial charge in [0.1, 0.15) is 11.7 Å². The van der Waals surface area contributed by atoms with E-state index in [2.05, 4.69) is 79.5 Å². The fraction of sp³-hybridized carbons (Fsp3) is 0.512. The molecule has 5 heterocycles. The molecule has 1 saturated carbocycles. The van der Waals surface area contributed by atoms with E-state index in [1.54, 1.807) is 11.6 Å². The molecule has 0 unspecified atom stereocenters. The number of anilines is 1. The maximum Gasteiger partial charge on any atom is 0.329 e. The summed E-state index contributed by atoms with van der Waals surface area (Å²) < 4.78 is 5.48. The van der Waals surface area contributed by atoms with Crippen molar-refractivity contribution in [3.8, 4) is 11.1 Å². The van der Waals surface area contributed by atoms with Crippen molar-refractivity contribution in [2.45, 2.75) is 95.9 Å². The minimum Gasteiger partial charge on any atom is -0.393 e. The smallest absolute Gasteiger partial charge is 0.329 e. The van der Waals surface area contributed by atoms with Crippen LogP contribution < -0.4 is 16.3 Å². The number of nitrogens with zero attached hydrogens (tertiary/aromatic N) is 7. The number of aliphatic hydroxyl groups is 1. The van der Waals surface area contributed by atoms with Crippen molar-refractivity contribution in [3.05, 3.63) is 76.5 Å². The topological polar surface area (TPSA) is 143 Å². The minimum absolute atomic E-state index is 0.202. The van der Waals surface area contributed by atoms with Gasteiger partial charge in [0.05, 0.1) is 17.1 Å². The Morgan fingerprint density at radius 2 is 1.64 bits per heavy atom. The van der Waals surface area contributed by atoms with Crippen molar-refractivity contribution in [1.82, 2.24) is 38.8 Å². The first-order valence-corrected chi connectivity index (χ1v) is 20.6. The lowest BCUT2D eigenvalue weighted by Crippen LogP contribution is -2.46. The van der Waals surface area contributed by atoms with E-state index in [-0.39, 0.29) is 24.1 Å². The Labute approximate surface area is 327 Å². The normalized spacial score (nSPS) is 21.2. The van der Waals surface area contributed by atoms with Gasteiger partial charge in [-0.25, -0.2) is 9.78 Å². The van der Waals surface area contributed by atoms with Gasteiger partial charge in [0, 0.05) is 82.1 Å². The number of unbranched alkanes of at least 4 members (excludes halogenated alkanes) is 1. The van der Waals surface area contributed by atoms with Crippen LogP contribution in [0.3, 0.4) is 0 Å². The molecule has 5 aromatic rings. The second kappa shape index (κ2) is 16.7. The van der Waals surface area contributed by atoms with E-state index in [1.165, 1.54) is 21.3 Å². The molecule has 2 aliphatic heterocycles. The summed E-state index contributed by atoms with van der Waals surface area (Å²) in [6.07, 6.45) is 12.3. The number of imidazole rings is 1. The third kappa shape index (κ3) is 8.03. The van der Waals surface area contributed by atoms with Crippen molar-refractivity contribution in [1.29, 1.82) is 0 Å². The number of carbonyl (C=O) groups excluding carboxylic acids is 2. The Morgan fingerprint density at radius 1 is 0.893 bits per heavy atom. The number of fused-ring (bicyclic) bond motifs is 2. The molecule has 1 aliphatic carbocycles. The number of aryl methyl sites for hydroxylation is 2. The molecule has 1 atom stereocenters. The number of rotatable bonds is 13. The maximum atomic E-state index is 13.1. The largest absolute Gasteiger partial charge is 0.393 e. The van der Waals surface area contributed by atoms with Crippen molar-refractivity contribution < 1.29 is 14.7 Å². The number of aromatic nitrogens is 5. The van der Waals surface area contributed by atoms with Crippen LogP contribution in [0.5, 0.6) is 0 Å². The van der Waals surface area contributed by atoms with Crippen LogP contribution in [0.4, 0.5) is 5.95 Å². The fourth-order valence-electron chi connectivity index (χ4n) is 8.86. The van der Waals surface area contributed by atoms with Gasteiger partial charge < -0.3 is 19.9 Å². The highest BCUT2D eigenvalue weighted by atomic mass is 16.3. The van der Waals surface area contributed by atoms with Gasteiger partial charge in [-0.1, -0.05) is 43.7 Å². The molecular weight excluding hydrogens is 707 g/mol. The number of nitrogens with one attached hydrogen (secondary N) is 2. The predicted octanol–water partition coefficient (Wildman–Crippen LogP) is 5.17. The summed E-state index contributed by atoms with van der Waals surface area (Å²) in [7, 11) is 1.74. The lowest BCUT2D eigenvalue weighted by molar-refractivity contribution is -0.135.